The summed E-state index contributed by atoms with van der Waals surface area (Å²) in [6, 6.07) is 16.9. The molecule has 1 aliphatic carbocycles. The Hall–Kier alpha value is -1.68. The highest BCUT2D eigenvalue weighted by Crippen LogP contribution is 2.55. The van der Waals surface area contributed by atoms with Gasteiger partial charge in [-0.05, 0) is 55.1 Å². The summed E-state index contributed by atoms with van der Waals surface area (Å²) in [6.07, 6.45) is 1.77. The predicted molar refractivity (Wildman–Crippen MR) is 107 cm³/mol. The molecule has 0 fully saturated rings. The highest BCUT2D eigenvalue weighted by atomic mass is 32.1. The summed E-state index contributed by atoms with van der Waals surface area (Å²) in [7, 11) is 0. The Morgan fingerprint density at radius 3 is 2.52 bits per heavy atom. The number of thiophene rings is 1. The molecule has 0 spiro atoms. The van der Waals surface area contributed by atoms with Crippen molar-refractivity contribution in [3.05, 3.63) is 59.7 Å². The van der Waals surface area contributed by atoms with Crippen molar-refractivity contribution in [1.29, 1.82) is 0 Å². The van der Waals surface area contributed by atoms with E-state index in [1.165, 1.54) is 20.5 Å². The van der Waals surface area contributed by atoms with Gasteiger partial charge in [-0.3, -0.25) is 0 Å². The summed E-state index contributed by atoms with van der Waals surface area (Å²) in [5.74, 6) is 0. The molecule has 1 N–H and O–H groups in total. The molecule has 3 heteroatoms. The van der Waals surface area contributed by atoms with Gasteiger partial charge in [0.25, 0.3) is 0 Å². The van der Waals surface area contributed by atoms with Crippen molar-refractivity contribution in [1.82, 2.24) is 4.90 Å². The van der Waals surface area contributed by atoms with Crippen LogP contribution in [0, 0.1) is 0 Å². The fourth-order valence-corrected chi connectivity index (χ4v) is 5.50. The minimum atomic E-state index is -0.862. The van der Waals surface area contributed by atoms with E-state index < -0.39 is 5.60 Å². The van der Waals surface area contributed by atoms with Crippen molar-refractivity contribution >= 4 is 21.4 Å². The first-order valence-electron chi connectivity index (χ1n) is 9.25. The smallest absolute Gasteiger partial charge is 0.117 e. The second kappa shape index (κ2) is 6.56. The van der Waals surface area contributed by atoms with E-state index in [1.807, 2.05) is 17.4 Å². The van der Waals surface area contributed by atoms with Gasteiger partial charge in [0.05, 0.1) is 0 Å². The van der Waals surface area contributed by atoms with E-state index in [1.54, 1.807) is 0 Å². The molecule has 2 aromatic carbocycles. The minimum Gasteiger partial charge on any atom is -0.380 e. The monoisotopic (exact) mass is 351 g/mol. The lowest BCUT2D eigenvalue weighted by Gasteiger charge is -2.27. The van der Waals surface area contributed by atoms with Crippen molar-refractivity contribution < 1.29 is 5.11 Å². The maximum absolute atomic E-state index is 11.8. The van der Waals surface area contributed by atoms with E-state index in [4.69, 9.17) is 0 Å². The molecule has 4 rings (SSSR count). The normalized spacial score (nSPS) is 18.7. The topological polar surface area (TPSA) is 23.5 Å². The SMILES string of the molecule is CCN(CC)CCCC1(O)c2ccccc2-c2sc3ccccc3c21. The van der Waals surface area contributed by atoms with Gasteiger partial charge >= 0.3 is 0 Å². The van der Waals surface area contributed by atoms with Crippen molar-refractivity contribution in [2.24, 2.45) is 0 Å². The largest absolute Gasteiger partial charge is 0.380 e. The van der Waals surface area contributed by atoms with Crippen LogP contribution in [-0.4, -0.2) is 29.6 Å². The number of aliphatic hydroxyl groups is 1. The Bertz CT molecular complexity index is 896. The van der Waals surface area contributed by atoms with Gasteiger partial charge < -0.3 is 10.0 Å². The summed E-state index contributed by atoms with van der Waals surface area (Å²) < 4.78 is 1.27. The van der Waals surface area contributed by atoms with Gasteiger partial charge in [-0.2, -0.15) is 0 Å². The highest BCUT2D eigenvalue weighted by Gasteiger charge is 2.43. The first kappa shape index (κ1) is 16.8. The van der Waals surface area contributed by atoms with Gasteiger partial charge in [0.2, 0.25) is 0 Å². The number of hydrogen-bond donors (Lipinski definition) is 1. The summed E-state index contributed by atoms with van der Waals surface area (Å²) in [5, 5.41) is 13.0. The Morgan fingerprint density at radius 2 is 1.72 bits per heavy atom. The molecule has 1 aliphatic rings. The number of benzene rings is 2. The first-order chi connectivity index (χ1) is 12.2. The van der Waals surface area contributed by atoms with Crippen LogP contribution in [0.15, 0.2) is 48.5 Å². The standard InChI is InChI=1S/C22H25NOS/c1-3-23(4-2)15-9-14-22(24)18-12-7-5-10-16(18)21-20(22)17-11-6-8-13-19(17)25-21/h5-8,10-13,24H,3-4,9,14-15H2,1-2H3. The molecular formula is C22H25NOS. The van der Waals surface area contributed by atoms with Crippen molar-refractivity contribution in [2.75, 3.05) is 19.6 Å². The molecule has 0 saturated heterocycles. The fourth-order valence-electron chi connectivity index (χ4n) is 4.18. The number of fused-ring (bicyclic) bond motifs is 5. The third-order valence-electron chi connectivity index (χ3n) is 5.53. The Balaban J connectivity index is 1.77. The van der Waals surface area contributed by atoms with Crippen LogP contribution in [0.1, 0.15) is 37.8 Å². The number of hydrogen-bond acceptors (Lipinski definition) is 3. The van der Waals surface area contributed by atoms with Gasteiger partial charge in [-0.1, -0.05) is 56.3 Å². The zero-order valence-corrected chi connectivity index (χ0v) is 15.8. The molecule has 2 nitrogen and oxygen atoms in total. The Morgan fingerprint density at radius 1 is 1.00 bits per heavy atom. The molecule has 1 aromatic heterocycles. The maximum Gasteiger partial charge on any atom is 0.117 e. The molecule has 0 aliphatic heterocycles. The van der Waals surface area contributed by atoms with Crippen LogP contribution >= 0.6 is 11.3 Å². The lowest BCUT2D eigenvalue weighted by Crippen LogP contribution is -2.29. The van der Waals surface area contributed by atoms with Crippen LogP contribution in [0.2, 0.25) is 0 Å². The summed E-state index contributed by atoms with van der Waals surface area (Å²) in [5.41, 5.74) is 2.57. The average molecular weight is 352 g/mol. The van der Waals surface area contributed by atoms with Crippen LogP contribution in [0.3, 0.4) is 0 Å². The quantitative estimate of drug-likeness (QED) is 0.656. The van der Waals surface area contributed by atoms with Gasteiger partial charge in [0.1, 0.15) is 5.60 Å². The summed E-state index contributed by atoms with van der Waals surface area (Å²) in [4.78, 5) is 3.68. The predicted octanol–water partition coefficient (Wildman–Crippen LogP) is 5.24. The van der Waals surface area contributed by atoms with Crippen molar-refractivity contribution in [3.8, 4) is 10.4 Å². The van der Waals surface area contributed by atoms with Gasteiger partial charge in [0, 0.05) is 15.1 Å². The van der Waals surface area contributed by atoms with Gasteiger partial charge in [-0.15, -0.1) is 11.3 Å². The van der Waals surface area contributed by atoms with Crippen LogP contribution in [-0.2, 0) is 5.60 Å². The fraction of sp³-hybridized carbons (Fsp3) is 0.364. The molecular weight excluding hydrogens is 326 g/mol. The molecule has 1 heterocycles. The second-order valence-electron chi connectivity index (χ2n) is 6.84. The molecule has 0 saturated carbocycles. The van der Waals surface area contributed by atoms with Crippen LogP contribution in [0.25, 0.3) is 20.5 Å². The number of nitrogens with zero attached hydrogens (tertiary/aromatic N) is 1. The zero-order chi connectivity index (χ0) is 17.4. The molecule has 1 unspecified atom stereocenters. The molecule has 0 bridgehead atoms. The van der Waals surface area contributed by atoms with Crippen LogP contribution in [0.5, 0.6) is 0 Å². The van der Waals surface area contributed by atoms with E-state index in [9.17, 15) is 5.11 Å². The van der Waals surface area contributed by atoms with Crippen molar-refractivity contribution in [3.63, 3.8) is 0 Å². The lowest BCUT2D eigenvalue weighted by molar-refractivity contribution is 0.0713. The molecule has 0 radical (unpaired) electrons. The number of rotatable bonds is 6. The molecule has 1 atom stereocenters. The minimum absolute atomic E-state index is 0.772. The summed E-state index contributed by atoms with van der Waals surface area (Å²) in [6.45, 7) is 7.58. The van der Waals surface area contributed by atoms with E-state index >= 15 is 0 Å². The van der Waals surface area contributed by atoms with Crippen molar-refractivity contribution in [2.45, 2.75) is 32.3 Å². The molecule has 25 heavy (non-hydrogen) atoms. The van der Waals surface area contributed by atoms with Gasteiger partial charge in [-0.25, -0.2) is 0 Å². The lowest BCUT2D eigenvalue weighted by atomic mass is 9.86. The Labute approximate surface area is 153 Å². The first-order valence-corrected chi connectivity index (χ1v) is 10.1. The third kappa shape index (κ3) is 2.62. The highest BCUT2D eigenvalue weighted by molar-refractivity contribution is 7.22. The van der Waals surface area contributed by atoms with E-state index in [0.29, 0.717) is 0 Å². The van der Waals surface area contributed by atoms with Crippen LogP contribution in [0.4, 0.5) is 0 Å². The van der Waals surface area contributed by atoms with E-state index in [-0.39, 0.29) is 0 Å². The third-order valence-corrected chi connectivity index (χ3v) is 6.74. The molecule has 3 aromatic rings. The molecule has 0 amide bonds. The van der Waals surface area contributed by atoms with E-state index in [2.05, 4.69) is 61.2 Å². The second-order valence-corrected chi connectivity index (χ2v) is 7.89. The summed E-state index contributed by atoms with van der Waals surface area (Å²) >= 11 is 1.81. The molecule has 130 valence electrons. The van der Waals surface area contributed by atoms with Crippen LogP contribution < -0.4 is 0 Å². The maximum atomic E-state index is 11.8. The average Bonchev–Trinajstić information content (AvgIpc) is 3.15. The van der Waals surface area contributed by atoms with E-state index in [0.717, 1.165) is 43.6 Å². The van der Waals surface area contributed by atoms with Gasteiger partial charge in [0.15, 0.2) is 0 Å². The Kier molecular flexibility index (Phi) is 4.40. The zero-order valence-electron chi connectivity index (χ0n) is 15.0.